The van der Waals surface area contributed by atoms with Crippen LogP contribution in [0, 0.1) is 0 Å². The van der Waals surface area contributed by atoms with E-state index in [1.54, 1.807) is 18.0 Å². The zero-order valence-electron chi connectivity index (χ0n) is 13.3. The van der Waals surface area contributed by atoms with Gasteiger partial charge in [-0.1, -0.05) is 0 Å². The van der Waals surface area contributed by atoms with Crippen molar-refractivity contribution in [2.45, 2.75) is 25.8 Å². The van der Waals surface area contributed by atoms with Crippen LogP contribution >= 0.6 is 0 Å². The molecule has 0 radical (unpaired) electrons. The summed E-state index contributed by atoms with van der Waals surface area (Å²) in [6.45, 7) is 9.04. The van der Waals surface area contributed by atoms with Crippen LogP contribution in [0.3, 0.4) is 0 Å². The molecular formula is C15H26N4O2. The number of methoxy groups -OCH3 is 1. The highest BCUT2D eigenvalue weighted by molar-refractivity contribution is 5.83. The predicted molar refractivity (Wildman–Crippen MR) is 81.1 cm³/mol. The summed E-state index contributed by atoms with van der Waals surface area (Å²) in [7, 11) is 1.72. The SMILES string of the molecule is COCCN1CCCN(C(=O)C(C)(C)n2cccn2)CC1. The molecular weight excluding hydrogens is 268 g/mol. The lowest BCUT2D eigenvalue weighted by Gasteiger charge is -2.31. The smallest absolute Gasteiger partial charge is 0.250 e. The van der Waals surface area contributed by atoms with Crippen LogP contribution in [0.15, 0.2) is 18.5 Å². The van der Waals surface area contributed by atoms with Crippen molar-refractivity contribution in [1.29, 1.82) is 0 Å². The van der Waals surface area contributed by atoms with Gasteiger partial charge in [0.15, 0.2) is 0 Å². The Hall–Kier alpha value is -1.40. The maximum absolute atomic E-state index is 12.8. The van der Waals surface area contributed by atoms with Crippen LogP contribution in [-0.4, -0.2) is 71.9 Å². The molecule has 1 aliphatic rings. The first-order valence-corrected chi connectivity index (χ1v) is 7.56. The van der Waals surface area contributed by atoms with Crippen molar-refractivity contribution in [1.82, 2.24) is 19.6 Å². The molecule has 6 heteroatoms. The van der Waals surface area contributed by atoms with Crippen molar-refractivity contribution in [3.05, 3.63) is 18.5 Å². The minimum absolute atomic E-state index is 0.139. The largest absolute Gasteiger partial charge is 0.383 e. The monoisotopic (exact) mass is 294 g/mol. The van der Waals surface area contributed by atoms with E-state index in [1.807, 2.05) is 31.0 Å². The Morgan fingerprint density at radius 3 is 2.76 bits per heavy atom. The van der Waals surface area contributed by atoms with Gasteiger partial charge in [-0.3, -0.25) is 14.4 Å². The number of carbonyl (C=O) groups excluding carboxylic acids is 1. The molecule has 2 heterocycles. The van der Waals surface area contributed by atoms with Gasteiger partial charge < -0.3 is 9.64 Å². The number of hydrogen-bond acceptors (Lipinski definition) is 4. The summed E-state index contributed by atoms with van der Waals surface area (Å²) in [6.07, 6.45) is 4.56. The third kappa shape index (κ3) is 3.83. The lowest BCUT2D eigenvalue weighted by atomic mass is 10.0. The first kappa shape index (κ1) is 16.0. The van der Waals surface area contributed by atoms with E-state index in [-0.39, 0.29) is 5.91 Å². The number of nitrogens with zero attached hydrogens (tertiary/aromatic N) is 4. The average molecular weight is 294 g/mol. The summed E-state index contributed by atoms with van der Waals surface area (Å²) in [4.78, 5) is 17.1. The molecule has 1 amide bonds. The number of ether oxygens (including phenoxy) is 1. The van der Waals surface area contributed by atoms with Crippen LogP contribution in [0.25, 0.3) is 0 Å². The predicted octanol–water partition coefficient (Wildman–Crippen LogP) is 0.799. The summed E-state index contributed by atoms with van der Waals surface area (Å²) in [5.74, 6) is 0.139. The van der Waals surface area contributed by atoms with E-state index in [2.05, 4.69) is 10.00 Å². The van der Waals surface area contributed by atoms with Gasteiger partial charge in [0.1, 0.15) is 5.54 Å². The molecule has 0 saturated carbocycles. The van der Waals surface area contributed by atoms with E-state index >= 15 is 0 Å². The summed E-state index contributed by atoms with van der Waals surface area (Å²) in [5.41, 5.74) is -0.634. The normalized spacial score (nSPS) is 17.8. The van der Waals surface area contributed by atoms with Crippen LogP contribution in [0.5, 0.6) is 0 Å². The summed E-state index contributed by atoms with van der Waals surface area (Å²) < 4.78 is 6.87. The van der Waals surface area contributed by atoms with E-state index in [0.29, 0.717) is 0 Å². The summed E-state index contributed by atoms with van der Waals surface area (Å²) >= 11 is 0. The third-order valence-corrected chi connectivity index (χ3v) is 4.09. The highest BCUT2D eigenvalue weighted by Crippen LogP contribution is 2.18. The highest BCUT2D eigenvalue weighted by atomic mass is 16.5. The number of carbonyl (C=O) groups is 1. The highest BCUT2D eigenvalue weighted by Gasteiger charge is 2.34. The van der Waals surface area contributed by atoms with E-state index in [9.17, 15) is 4.79 Å². The van der Waals surface area contributed by atoms with Gasteiger partial charge in [-0.15, -0.1) is 0 Å². The molecule has 1 fully saturated rings. The molecule has 1 aromatic rings. The van der Waals surface area contributed by atoms with Crippen LogP contribution in [0.2, 0.25) is 0 Å². The van der Waals surface area contributed by atoms with Crippen molar-refractivity contribution in [3.8, 4) is 0 Å². The molecule has 0 aromatic carbocycles. The fourth-order valence-corrected chi connectivity index (χ4v) is 2.70. The lowest BCUT2D eigenvalue weighted by Crippen LogP contribution is -2.48. The molecule has 2 rings (SSSR count). The third-order valence-electron chi connectivity index (χ3n) is 4.09. The average Bonchev–Trinajstić information content (AvgIpc) is 2.92. The topological polar surface area (TPSA) is 50.6 Å². The van der Waals surface area contributed by atoms with Gasteiger partial charge >= 0.3 is 0 Å². The zero-order valence-corrected chi connectivity index (χ0v) is 13.3. The minimum atomic E-state index is -0.634. The fourth-order valence-electron chi connectivity index (χ4n) is 2.70. The van der Waals surface area contributed by atoms with Crippen molar-refractivity contribution in [3.63, 3.8) is 0 Å². The Balaban J connectivity index is 1.97. The Morgan fingerprint density at radius 1 is 1.29 bits per heavy atom. The first-order chi connectivity index (χ1) is 10.1. The van der Waals surface area contributed by atoms with Crippen molar-refractivity contribution in [2.75, 3.05) is 46.4 Å². The standard InChI is InChI=1S/C15H26N4O2/c1-15(2,19-9-4-6-16-19)14(20)18-8-5-7-17(10-11-18)12-13-21-3/h4,6,9H,5,7-8,10-13H2,1-3H3. The van der Waals surface area contributed by atoms with Gasteiger partial charge in [-0.25, -0.2) is 0 Å². The van der Waals surface area contributed by atoms with Crippen molar-refractivity contribution in [2.24, 2.45) is 0 Å². The van der Waals surface area contributed by atoms with Crippen LogP contribution in [0.4, 0.5) is 0 Å². The Labute approximate surface area is 126 Å². The van der Waals surface area contributed by atoms with Crippen molar-refractivity contribution >= 4 is 5.91 Å². The molecule has 1 aliphatic heterocycles. The Kier molecular flexibility index (Phi) is 5.36. The lowest BCUT2D eigenvalue weighted by molar-refractivity contribution is -0.139. The van der Waals surface area contributed by atoms with Crippen molar-refractivity contribution < 1.29 is 9.53 Å². The summed E-state index contributed by atoms with van der Waals surface area (Å²) in [6, 6.07) is 1.85. The second kappa shape index (κ2) is 7.04. The summed E-state index contributed by atoms with van der Waals surface area (Å²) in [5, 5.41) is 4.22. The number of rotatable bonds is 5. The van der Waals surface area contributed by atoms with E-state index in [0.717, 1.165) is 45.8 Å². The van der Waals surface area contributed by atoms with Crippen LogP contribution in [0.1, 0.15) is 20.3 Å². The van der Waals surface area contributed by atoms with Gasteiger partial charge in [0.05, 0.1) is 6.61 Å². The molecule has 1 saturated heterocycles. The first-order valence-electron chi connectivity index (χ1n) is 7.56. The molecule has 0 atom stereocenters. The van der Waals surface area contributed by atoms with Gasteiger partial charge in [-0.2, -0.15) is 5.10 Å². The second-order valence-electron chi connectivity index (χ2n) is 5.99. The molecule has 21 heavy (non-hydrogen) atoms. The maximum atomic E-state index is 12.8. The van der Waals surface area contributed by atoms with Gasteiger partial charge in [0.25, 0.3) is 0 Å². The molecule has 0 N–H and O–H groups in total. The molecule has 118 valence electrons. The second-order valence-corrected chi connectivity index (χ2v) is 5.99. The van der Waals surface area contributed by atoms with Gasteiger partial charge in [-0.05, 0) is 32.9 Å². The quantitative estimate of drug-likeness (QED) is 0.806. The van der Waals surface area contributed by atoms with Crippen LogP contribution < -0.4 is 0 Å². The van der Waals surface area contributed by atoms with E-state index in [4.69, 9.17) is 4.74 Å². The number of aromatic nitrogens is 2. The molecule has 6 nitrogen and oxygen atoms in total. The maximum Gasteiger partial charge on any atom is 0.250 e. The number of amides is 1. The van der Waals surface area contributed by atoms with E-state index in [1.165, 1.54) is 0 Å². The zero-order chi connectivity index (χ0) is 15.3. The van der Waals surface area contributed by atoms with Crippen LogP contribution in [-0.2, 0) is 15.1 Å². The van der Waals surface area contributed by atoms with Gasteiger partial charge in [0, 0.05) is 45.7 Å². The Bertz CT molecular complexity index is 445. The van der Waals surface area contributed by atoms with Gasteiger partial charge in [0.2, 0.25) is 5.91 Å². The molecule has 0 unspecified atom stereocenters. The molecule has 1 aromatic heterocycles. The molecule has 0 bridgehead atoms. The molecule has 0 spiro atoms. The Morgan fingerprint density at radius 2 is 2.10 bits per heavy atom. The fraction of sp³-hybridized carbons (Fsp3) is 0.733. The minimum Gasteiger partial charge on any atom is -0.383 e. The molecule has 0 aliphatic carbocycles. The number of hydrogen-bond donors (Lipinski definition) is 0. The van der Waals surface area contributed by atoms with E-state index < -0.39 is 5.54 Å².